The van der Waals surface area contributed by atoms with E-state index in [-0.39, 0.29) is 5.56 Å². The summed E-state index contributed by atoms with van der Waals surface area (Å²) in [5.74, 6) is -0.240. The largest absolute Gasteiger partial charge is 0.497 e. The van der Waals surface area contributed by atoms with Crippen LogP contribution in [0.1, 0.15) is 21.5 Å². The highest BCUT2D eigenvalue weighted by Gasteiger charge is 2.05. The molecule has 2 aromatic carbocycles. The first-order valence-corrected chi connectivity index (χ1v) is 6.23. The minimum Gasteiger partial charge on any atom is -0.497 e. The molecule has 0 aliphatic heterocycles. The van der Waals surface area contributed by atoms with Crippen molar-refractivity contribution in [3.05, 3.63) is 65.2 Å². The molecule has 1 N–H and O–H groups in total. The van der Waals surface area contributed by atoms with Crippen molar-refractivity contribution in [3.8, 4) is 11.8 Å². The first-order chi connectivity index (χ1) is 10.1. The maximum absolute atomic E-state index is 10.8. The van der Waals surface area contributed by atoms with Gasteiger partial charge in [0.2, 0.25) is 0 Å². The normalized spacial score (nSPS) is 10.8. The fourth-order valence-corrected chi connectivity index (χ4v) is 1.84. The summed E-state index contributed by atoms with van der Waals surface area (Å²) >= 11 is 0. The quantitative estimate of drug-likeness (QED) is 0.687. The molecule has 2 aromatic rings. The minimum atomic E-state index is -0.987. The first-order valence-electron chi connectivity index (χ1n) is 6.23. The Kier molecular flexibility index (Phi) is 4.37. The molecule has 0 saturated carbocycles. The Bertz CT molecular complexity index is 707. The van der Waals surface area contributed by atoms with Gasteiger partial charge in [-0.2, -0.15) is 5.26 Å². The summed E-state index contributed by atoms with van der Waals surface area (Å²) in [7, 11) is 1.59. The Morgan fingerprint density at radius 1 is 1.10 bits per heavy atom. The van der Waals surface area contributed by atoms with Gasteiger partial charge in [0.15, 0.2) is 0 Å². The van der Waals surface area contributed by atoms with Crippen molar-refractivity contribution in [2.45, 2.75) is 0 Å². The highest BCUT2D eigenvalue weighted by Crippen LogP contribution is 2.20. The van der Waals surface area contributed by atoms with Crippen molar-refractivity contribution in [2.75, 3.05) is 7.11 Å². The van der Waals surface area contributed by atoms with E-state index >= 15 is 0 Å². The zero-order valence-corrected chi connectivity index (χ0v) is 11.4. The van der Waals surface area contributed by atoms with Crippen molar-refractivity contribution in [3.63, 3.8) is 0 Å². The van der Waals surface area contributed by atoms with Gasteiger partial charge in [-0.15, -0.1) is 0 Å². The van der Waals surface area contributed by atoms with Crippen molar-refractivity contribution < 1.29 is 14.6 Å². The molecule has 0 radical (unpaired) electrons. The maximum Gasteiger partial charge on any atom is 0.335 e. The van der Waals surface area contributed by atoms with Crippen LogP contribution in [-0.4, -0.2) is 18.2 Å². The number of allylic oxidation sites excluding steroid dienone is 1. The fourth-order valence-electron chi connectivity index (χ4n) is 1.84. The number of carboxylic acid groups (broad SMARTS) is 1. The number of benzene rings is 2. The van der Waals surface area contributed by atoms with E-state index in [2.05, 4.69) is 6.07 Å². The van der Waals surface area contributed by atoms with Crippen LogP contribution in [0, 0.1) is 11.3 Å². The highest BCUT2D eigenvalue weighted by molar-refractivity contribution is 5.92. The molecule has 0 unspecified atom stereocenters. The molecule has 0 saturated heterocycles. The Morgan fingerprint density at radius 3 is 2.14 bits per heavy atom. The number of aromatic carboxylic acids is 1. The van der Waals surface area contributed by atoms with E-state index in [1.54, 1.807) is 25.3 Å². The topological polar surface area (TPSA) is 70.3 Å². The second kappa shape index (κ2) is 6.40. The molecule has 0 atom stereocenters. The van der Waals surface area contributed by atoms with Crippen LogP contribution in [-0.2, 0) is 0 Å². The van der Waals surface area contributed by atoms with E-state index in [0.717, 1.165) is 11.3 Å². The number of methoxy groups -OCH3 is 1. The third-order valence-corrected chi connectivity index (χ3v) is 2.99. The van der Waals surface area contributed by atoms with Gasteiger partial charge >= 0.3 is 5.97 Å². The van der Waals surface area contributed by atoms with Gasteiger partial charge in [-0.3, -0.25) is 0 Å². The van der Waals surface area contributed by atoms with Crippen LogP contribution in [0.4, 0.5) is 0 Å². The number of carboxylic acids is 1. The molecule has 2 rings (SSSR count). The number of hydrogen-bond donors (Lipinski definition) is 1. The minimum absolute atomic E-state index is 0.195. The lowest BCUT2D eigenvalue weighted by Gasteiger charge is -2.02. The van der Waals surface area contributed by atoms with Crippen molar-refractivity contribution >= 4 is 17.6 Å². The van der Waals surface area contributed by atoms with Gasteiger partial charge in [0.05, 0.1) is 24.3 Å². The molecule has 104 valence electrons. The summed E-state index contributed by atoms with van der Waals surface area (Å²) < 4.78 is 5.08. The van der Waals surface area contributed by atoms with Gasteiger partial charge in [-0.25, -0.2) is 4.79 Å². The van der Waals surface area contributed by atoms with Gasteiger partial charge in [0, 0.05) is 0 Å². The van der Waals surface area contributed by atoms with Gasteiger partial charge in [0.1, 0.15) is 5.75 Å². The molecular weight excluding hydrogens is 266 g/mol. The third kappa shape index (κ3) is 3.48. The van der Waals surface area contributed by atoms with Crippen LogP contribution in [0.3, 0.4) is 0 Å². The average Bonchev–Trinajstić information content (AvgIpc) is 2.53. The molecule has 0 amide bonds. The van der Waals surface area contributed by atoms with E-state index < -0.39 is 5.97 Å². The monoisotopic (exact) mass is 279 g/mol. The zero-order chi connectivity index (χ0) is 15.2. The van der Waals surface area contributed by atoms with Crippen LogP contribution in [0.2, 0.25) is 0 Å². The Morgan fingerprint density at radius 2 is 1.67 bits per heavy atom. The van der Waals surface area contributed by atoms with Gasteiger partial charge in [0.25, 0.3) is 0 Å². The molecule has 0 aliphatic rings. The Labute approximate surface area is 122 Å². The molecule has 0 aromatic heterocycles. The number of hydrogen-bond acceptors (Lipinski definition) is 3. The predicted octanol–water partition coefficient (Wildman–Crippen LogP) is 3.46. The zero-order valence-electron chi connectivity index (χ0n) is 11.4. The molecule has 0 bridgehead atoms. The molecular formula is C17H13NO3. The average molecular weight is 279 g/mol. The van der Waals surface area contributed by atoms with Crippen LogP contribution < -0.4 is 4.74 Å². The number of carbonyl (C=O) groups is 1. The first kappa shape index (κ1) is 14.4. The molecule has 0 fully saturated rings. The third-order valence-electron chi connectivity index (χ3n) is 2.99. The van der Waals surface area contributed by atoms with Crippen LogP contribution in [0.15, 0.2) is 48.5 Å². The number of rotatable bonds is 4. The van der Waals surface area contributed by atoms with Gasteiger partial charge in [-0.05, 0) is 41.5 Å². The second-order valence-corrected chi connectivity index (χ2v) is 4.33. The number of ether oxygens (including phenoxy) is 1. The molecule has 21 heavy (non-hydrogen) atoms. The maximum atomic E-state index is 10.8. The lowest BCUT2D eigenvalue weighted by molar-refractivity contribution is 0.0697. The fraction of sp³-hybridized carbons (Fsp3) is 0.0588. The number of nitriles is 1. The van der Waals surface area contributed by atoms with Crippen molar-refractivity contribution in [1.29, 1.82) is 5.26 Å². The lowest BCUT2D eigenvalue weighted by atomic mass is 10.0. The summed E-state index contributed by atoms with van der Waals surface area (Å²) in [5, 5.41) is 18.1. The SMILES string of the molecule is COc1ccc(/C=C(/C#N)c2ccc(C(=O)O)cc2)cc1. The lowest BCUT2D eigenvalue weighted by Crippen LogP contribution is -1.95. The molecule has 4 nitrogen and oxygen atoms in total. The van der Waals surface area contributed by atoms with Crippen LogP contribution in [0.5, 0.6) is 5.75 Å². The summed E-state index contributed by atoms with van der Waals surface area (Å²) in [6.07, 6.45) is 1.75. The Hall–Kier alpha value is -3.06. The number of nitrogens with zero attached hydrogens (tertiary/aromatic N) is 1. The van der Waals surface area contributed by atoms with E-state index in [1.807, 2.05) is 24.3 Å². The van der Waals surface area contributed by atoms with Gasteiger partial charge in [-0.1, -0.05) is 24.3 Å². The molecule has 4 heteroatoms. The van der Waals surface area contributed by atoms with E-state index in [4.69, 9.17) is 9.84 Å². The summed E-state index contributed by atoms with van der Waals surface area (Å²) in [5.41, 5.74) is 2.21. The molecule has 0 heterocycles. The Balaban J connectivity index is 2.31. The van der Waals surface area contributed by atoms with Crippen molar-refractivity contribution in [2.24, 2.45) is 0 Å². The standard InChI is InChI=1S/C17H13NO3/c1-21-16-8-2-12(3-9-16)10-15(11-18)13-4-6-14(7-5-13)17(19)20/h2-10H,1H3,(H,19,20)/b15-10-. The van der Waals surface area contributed by atoms with E-state index in [1.165, 1.54) is 12.1 Å². The smallest absolute Gasteiger partial charge is 0.335 e. The second-order valence-electron chi connectivity index (χ2n) is 4.33. The van der Waals surface area contributed by atoms with Crippen LogP contribution in [0.25, 0.3) is 11.6 Å². The molecule has 0 spiro atoms. The summed E-state index contributed by atoms with van der Waals surface area (Å²) in [6, 6.07) is 15.7. The highest BCUT2D eigenvalue weighted by atomic mass is 16.5. The van der Waals surface area contributed by atoms with Gasteiger partial charge < -0.3 is 9.84 Å². The van der Waals surface area contributed by atoms with Crippen molar-refractivity contribution in [1.82, 2.24) is 0 Å². The predicted molar refractivity (Wildman–Crippen MR) is 79.9 cm³/mol. The molecule has 0 aliphatic carbocycles. The van der Waals surface area contributed by atoms with E-state index in [0.29, 0.717) is 11.1 Å². The van der Waals surface area contributed by atoms with E-state index in [9.17, 15) is 10.1 Å². The summed E-state index contributed by atoms with van der Waals surface area (Å²) in [4.78, 5) is 10.8. The van der Waals surface area contributed by atoms with Crippen LogP contribution >= 0.6 is 0 Å². The summed E-state index contributed by atoms with van der Waals surface area (Å²) in [6.45, 7) is 0.